The number of halogens is 1. The van der Waals surface area contributed by atoms with E-state index in [0.717, 1.165) is 38.1 Å². The van der Waals surface area contributed by atoms with Gasteiger partial charge in [-0.2, -0.15) is 0 Å². The Bertz CT molecular complexity index is 447. The predicted molar refractivity (Wildman–Crippen MR) is 121 cm³/mol. The molecule has 1 amide bonds. The molecule has 2 aliphatic rings. The average molecular weight is 495 g/mol. The van der Waals surface area contributed by atoms with Crippen LogP contribution in [0, 0.1) is 5.92 Å². The second-order valence-electron chi connectivity index (χ2n) is 7.07. The number of piperidine rings is 1. The van der Waals surface area contributed by atoms with Crippen molar-refractivity contribution in [3.8, 4) is 0 Å². The number of nitrogens with one attached hydrogen (secondary N) is 1. The topological polar surface area (TPSA) is 60.4 Å². The number of aliphatic imine (C=N–C) groups is 1. The molecule has 0 unspecified atom stereocenters. The van der Waals surface area contributed by atoms with E-state index in [4.69, 9.17) is 9.73 Å². The quantitative estimate of drug-likeness (QED) is 0.349. The summed E-state index contributed by atoms with van der Waals surface area (Å²) < 4.78 is 5.09. The number of ether oxygens (including phenoxy) is 1. The van der Waals surface area contributed by atoms with Crippen molar-refractivity contribution in [2.75, 3.05) is 65.5 Å². The van der Waals surface area contributed by atoms with Crippen molar-refractivity contribution in [2.24, 2.45) is 10.9 Å². The molecule has 1 N–H and O–H groups in total. The summed E-state index contributed by atoms with van der Waals surface area (Å²) in [5.41, 5.74) is 0. The fourth-order valence-corrected chi connectivity index (χ4v) is 3.69. The summed E-state index contributed by atoms with van der Waals surface area (Å²) in [6, 6.07) is 0. The van der Waals surface area contributed by atoms with Crippen LogP contribution in [-0.2, 0) is 4.74 Å². The summed E-state index contributed by atoms with van der Waals surface area (Å²) in [5.74, 6) is 1.80. The molecule has 2 fully saturated rings. The van der Waals surface area contributed by atoms with Gasteiger partial charge in [-0.3, -0.25) is 4.99 Å². The highest BCUT2D eigenvalue weighted by molar-refractivity contribution is 14.0. The normalized spacial score (nSPS) is 19.6. The molecule has 0 bridgehead atoms. The summed E-state index contributed by atoms with van der Waals surface area (Å²) >= 11 is 0. The van der Waals surface area contributed by atoms with Crippen LogP contribution in [0.4, 0.5) is 4.79 Å². The fourth-order valence-electron chi connectivity index (χ4n) is 3.69. The van der Waals surface area contributed by atoms with Gasteiger partial charge in [0.25, 0.3) is 0 Å². The number of carbonyl (C=O) groups excluding carboxylic acids is 1. The van der Waals surface area contributed by atoms with Crippen molar-refractivity contribution in [2.45, 2.75) is 40.0 Å². The van der Waals surface area contributed by atoms with Gasteiger partial charge in [-0.1, -0.05) is 6.92 Å². The summed E-state index contributed by atoms with van der Waals surface area (Å²) in [6.45, 7) is 15.0. The minimum atomic E-state index is -0.201. The fraction of sp³-hybridized carbons (Fsp3) is 0.895. The zero-order valence-electron chi connectivity index (χ0n) is 17.3. The van der Waals surface area contributed by atoms with Crippen LogP contribution >= 0.6 is 24.0 Å². The van der Waals surface area contributed by atoms with Gasteiger partial charge in [0.2, 0.25) is 0 Å². The maximum Gasteiger partial charge on any atom is 0.409 e. The molecule has 7 nitrogen and oxygen atoms in total. The number of amides is 1. The van der Waals surface area contributed by atoms with Crippen molar-refractivity contribution in [3.05, 3.63) is 0 Å². The van der Waals surface area contributed by atoms with Crippen LogP contribution in [0.2, 0.25) is 0 Å². The number of nitrogens with zero attached hydrogens (tertiary/aromatic N) is 4. The number of carbonyl (C=O) groups is 1. The van der Waals surface area contributed by atoms with E-state index < -0.39 is 0 Å². The van der Waals surface area contributed by atoms with Crippen LogP contribution in [0.15, 0.2) is 4.99 Å². The van der Waals surface area contributed by atoms with Crippen molar-refractivity contribution in [1.82, 2.24) is 20.0 Å². The van der Waals surface area contributed by atoms with Gasteiger partial charge in [0.15, 0.2) is 5.96 Å². The standard InChI is InChI=1S/C19H37N5O2.HI/c1-4-20-18(21-10-7-17-8-11-22(5-2)12-9-17)23-13-15-24(16-14-23)19(25)26-6-3;/h17H,4-16H2,1-3H3,(H,20,21);1H. The van der Waals surface area contributed by atoms with Crippen LogP contribution in [-0.4, -0.2) is 92.3 Å². The Morgan fingerprint density at radius 3 is 2.22 bits per heavy atom. The molecule has 0 aromatic heterocycles. The number of hydrogen-bond donors (Lipinski definition) is 1. The van der Waals surface area contributed by atoms with Gasteiger partial charge in [0.1, 0.15) is 0 Å². The summed E-state index contributed by atoms with van der Waals surface area (Å²) in [6.07, 6.45) is 3.58. The molecule has 0 spiro atoms. The van der Waals surface area contributed by atoms with E-state index in [-0.39, 0.29) is 30.1 Å². The first-order chi connectivity index (χ1) is 12.7. The van der Waals surface area contributed by atoms with Crippen LogP contribution in [0.5, 0.6) is 0 Å². The second kappa shape index (κ2) is 13.4. The zero-order valence-corrected chi connectivity index (χ0v) is 19.6. The van der Waals surface area contributed by atoms with Crippen LogP contribution in [0.1, 0.15) is 40.0 Å². The van der Waals surface area contributed by atoms with Gasteiger partial charge in [0.05, 0.1) is 6.61 Å². The van der Waals surface area contributed by atoms with Crippen molar-refractivity contribution < 1.29 is 9.53 Å². The Morgan fingerprint density at radius 2 is 1.67 bits per heavy atom. The summed E-state index contributed by atoms with van der Waals surface area (Å²) in [5, 5.41) is 3.41. The Kier molecular flexibility index (Phi) is 12.1. The van der Waals surface area contributed by atoms with E-state index in [0.29, 0.717) is 19.7 Å². The minimum absolute atomic E-state index is 0. The highest BCUT2D eigenvalue weighted by Crippen LogP contribution is 2.20. The zero-order chi connectivity index (χ0) is 18.8. The number of hydrogen-bond acceptors (Lipinski definition) is 4. The molecule has 158 valence electrons. The molecule has 2 rings (SSSR count). The highest BCUT2D eigenvalue weighted by Gasteiger charge is 2.24. The molecule has 0 radical (unpaired) electrons. The lowest BCUT2D eigenvalue weighted by Gasteiger charge is -2.36. The van der Waals surface area contributed by atoms with E-state index in [2.05, 4.69) is 29.0 Å². The van der Waals surface area contributed by atoms with E-state index in [9.17, 15) is 4.79 Å². The molecule has 0 saturated carbocycles. The van der Waals surface area contributed by atoms with Gasteiger partial charge in [0, 0.05) is 39.3 Å². The molecule has 0 aliphatic carbocycles. The van der Waals surface area contributed by atoms with Gasteiger partial charge < -0.3 is 24.8 Å². The third-order valence-electron chi connectivity index (χ3n) is 5.39. The largest absolute Gasteiger partial charge is 0.450 e. The summed E-state index contributed by atoms with van der Waals surface area (Å²) in [4.78, 5) is 23.3. The SMILES string of the molecule is CCNC(=NCCC1CCN(CC)CC1)N1CCN(C(=O)OCC)CC1.I. The first kappa shape index (κ1) is 24.3. The molecular weight excluding hydrogens is 457 g/mol. The lowest BCUT2D eigenvalue weighted by molar-refractivity contribution is 0.0914. The van der Waals surface area contributed by atoms with Gasteiger partial charge in [-0.25, -0.2) is 4.79 Å². The Hall–Kier alpha value is -0.770. The minimum Gasteiger partial charge on any atom is -0.450 e. The van der Waals surface area contributed by atoms with Gasteiger partial charge in [-0.15, -0.1) is 24.0 Å². The van der Waals surface area contributed by atoms with Crippen molar-refractivity contribution in [3.63, 3.8) is 0 Å². The molecule has 2 aliphatic heterocycles. The molecule has 0 aromatic rings. The molecule has 8 heteroatoms. The van der Waals surface area contributed by atoms with E-state index in [1.165, 1.54) is 38.9 Å². The van der Waals surface area contributed by atoms with Crippen molar-refractivity contribution >= 4 is 36.0 Å². The first-order valence-corrected chi connectivity index (χ1v) is 10.3. The maximum absolute atomic E-state index is 11.8. The van der Waals surface area contributed by atoms with Gasteiger partial charge in [-0.05, 0) is 58.7 Å². The maximum atomic E-state index is 11.8. The third-order valence-corrected chi connectivity index (χ3v) is 5.39. The molecular formula is C19H38IN5O2. The number of rotatable bonds is 6. The van der Waals surface area contributed by atoms with Crippen LogP contribution in [0.3, 0.4) is 0 Å². The third kappa shape index (κ3) is 8.01. The number of guanidine groups is 1. The molecule has 27 heavy (non-hydrogen) atoms. The lowest BCUT2D eigenvalue weighted by atomic mass is 9.94. The monoisotopic (exact) mass is 495 g/mol. The Balaban J connectivity index is 0.00000364. The highest BCUT2D eigenvalue weighted by atomic mass is 127. The number of likely N-dealkylation sites (tertiary alicyclic amines) is 1. The molecule has 2 saturated heterocycles. The predicted octanol–water partition coefficient (Wildman–Crippen LogP) is 2.47. The molecule has 2 heterocycles. The number of piperazine rings is 1. The average Bonchev–Trinajstić information content (AvgIpc) is 2.68. The van der Waals surface area contributed by atoms with Crippen molar-refractivity contribution in [1.29, 1.82) is 0 Å². The van der Waals surface area contributed by atoms with Crippen LogP contribution in [0.25, 0.3) is 0 Å². The smallest absolute Gasteiger partial charge is 0.409 e. The van der Waals surface area contributed by atoms with Gasteiger partial charge >= 0.3 is 6.09 Å². The first-order valence-electron chi connectivity index (χ1n) is 10.3. The molecule has 0 aromatic carbocycles. The summed E-state index contributed by atoms with van der Waals surface area (Å²) in [7, 11) is 0. The Morgan fingerprint density at radius 1 is 1.04 bits per heavy atom. The molecule has 0 atom stereocenters. The second-order valence-corrected chi connectivity index (χ2v) is 7.07. The van der Waals surface area contributed by atoms with Crippen LogP contribution < -0.4 is 5.32 Å². The Labute approximate surface area is 181 Å². The van der Waals surface area contributed by atoms with E-state index in [1.54, 1.807) is 4.90 Å². The van der Waals surface area contributed by atoms with E-state index >= 15 is 0 Å². The lowest BCUT2D eigenvalue weighted by Crippen LogP contribution is -2.54. The van der Waals surface area contributed by atoms with E-state index in [1.807, 2.05) is 6.92 Å².